The number of benzene rings is 2. The van der Waals surface area contributed by atoms with Crippen molar-refractivity contribution in [1.29, 1.82) is 0 Å². The summed E-state index contributed by atoms with van der Waals surface area (Å²) in [7, 11) is -2.21. The molecule has 0 saturated heterocycles. The Labute approximate surface area is 160 Å². The molecule has 0 spiro atoms. The first-order chi connectivity index (χ1) is 12.9. The van der Waals surface area contributed by atoms with Gasteiger partial charge >= 0.3 is 0 Å². The van der Waals surface area contributed by atoms with Gasteiger partial charge in [-0.05, 0) is 54.7 Å². The number of nitrogens with zero attached hydrogens (tertiary/aromatic N) is 1. The molecule has 0 fully saturated rings. The normalized spacial score (nSPS) is 13.9. The summed E-state index contributed by atoms with van der Waals surface area (Å²) >= 11 is 0. The number of anilines is 2. The first-order valence-corrected chi connectivity index (χ1v) is 10.5. The lowest BCUT2D eigenvalue weighted by molar-refractivity contribution is -0.122. The lowest BCUT2D eigenvalue weighted by atomic mass is 10.0. The Balaban J connectivity index is 1.87. The van der Waals surface area contributed by atoms with Crippen molar-refractivity contribution in [3.05, 3.63) is 53.6 Å². The van der Waals surface area contributed by atoms with Crippen molar-refractivity contribution in [3.8, 4) is 0 Å². The number of rotatable bonds is 6. The van der Waals surface area contributed by atoms with E-state index in [1.54, 1.807) is 29.2 Å². The molecule has 3 rings (SSSR count). The molecule has 0 aromatic heterocycles. The van der Waals surface area contributed by atoms with E-state index in [2.05, 4.69) is 4.72 Å². The van der Waals surface area contributed by atoms with Crippen LogP contribution in [0.15, 0.2) is 47.4 Å². The molecule has 6 nitrogen and oxygen atoms in total. The van der Waals surface area contributed by atoms with Gasteiger partial charge in [0, 0.05) is 19.3 Å². The maximum Gasteiger partial charge on any atom is 0.261 e. The van der Waals surface area contributed by atoms with Crippen molar-refractivity contribution in [1.82, 2.24) is 0 Å². The zero-order valence-electron chi connectivity index (χ0n) is 15.6. The number of sulfonamides is 1. The van der Waals surface area contributed by atoms with Gasteiger partial charge in [0.15, 0.2) is 0 Å². The smallest absolute Gasteiger partial charge is 0.261 e. The molecule has 1 aliphatic heterocycles. The van der Waals surface area contributed by atoms with Gasteiger partial charge in [-0.2, -0.15) is 0 Å². The number of amides is 1. The Morgan fingerprint density at radius 2 is 1.93 bits per heavy atom. The number of aryl methyl sites for hydroxylation is 2. The largest absolute Gasteiger partial charge is 0.375 e. The summed E-state index contributed by atoms with van der Waals surface area (Å²) < 4.78 is 32.9. The van der Waals surface area contributed by atoms with Crippen LogP contribution < -0.4 is 9.62 Å². The van der Waals surface area contributed by atoms with E-state index in [1.807, 2.05) is 25.1 Å². The third-order valence-corrected chi connectivity index (χ3v) is 6.06. The van der Waals surface area contributed by atoms with E-state index in [-0.39, 0.29) is 17.4 Å². The number of ether oxygens (including phenoxy) is 1. The summed E-state index contributed by atoms with van der Waals surface area (Å²) in [5.41, 5.74) is 3.28. The van der Waals surface area contributed by atoms with Crippen LogP contribution in [0.25, 0.3) is 0 Å². The summed E-state index contributed by atoms with van der Waals surface area (Å²) in [6, 6.07) is 12.2. The third-order valence-electron chi connectivity index (χ3n) is 4.67. The van der Waals surface area contributed by atoms with Crippen LogP contribution in [0, 0.1) is 0 Å². The van der Waals surface area contributed by atoms with Crippen molar-refractivity contribution < 1.29 is 17.9 Å². The fourth-order valence-electron chi connectivity index (χ4n) is 3.22. The quantitative estimate of drug-likeness (QED) is 0.825. The van der Waals surface area contributed by atoms with Crippen molar-refractivity contribution in [3.63, 3.8) is 0 Å². The van der Waals surface area contributed by atoms with Crippen molar-refractivity contribution in [2.45, 2.75) is 31.1 Å². The Morgan fingerprint density at radius 3 is 2.59 bits per heavy atom. The SMILES string of the molecule is CCc1ccc(S(=O)(=O)Nc2ccc3c(c2)N(C(=O)COC)CCC3)cc1. The zero-order valence-corrected chi connectivity index (χ0v) is 16.4. The van der Waals surface area contributed by atoms with Gasteiger partial charge in [0.1, 0.15) is 6.61 Å². The molecule has 0 atom stereocenters. The fourth-order valence-corrected chi connectivity index (χ4v) is 4.27. The standard InChI is InChI=1S/C20H24N2O4S/c1-3-15-6-10-18(11-7-15)27(24,25)21-17-9-8-16-5-4-12-22(19(16)13-17)20(23)14-26-2/h6-11,13,21H,3-5,12,14H2,1-2H3. The summed E-state index contributed by atoms with van der Waals surface area (Å²) in [5.74, 6) is -0.131. The van der Waals surface area contributed by atoms with Crippen molar-refractivity contribution in [2.24, 2.45) is 0 Å². The van der Waals surface area contributed by atoms with Crippen LogP contribution in [-0.4, -0.2) is 34.6 Å². The van der Waals surface area contributed by atoms with E-state index >= 15 is 0 Å². The molecular weight excluding hydrogens is 364 g/mol. The molecule has 7 heteroatoms. The molecule has 1 aliphatic rings. The number of carbonyl (C=O) groups is 1. The molecule has 1 heterocycles. The van der Waals surface area contributed by atoms with Gasteiger partial charge in [-0.3, -0.25) is 9.52 Å². The first-order valence-electron chi connectivity index (χ1n) is 8.98. The summed E-state index contributed by atoms with van der Waals surface area (Å²) in [4.78, 5) is 14.2. The Hall–Kier alpha value is -2.38. The average molecular weight is 388 g/mol. The van der Waals surface area contributed by atoms with Crippen molar-refractivity contribution in [2.75, 3.05) is 29.9 Å². The Bertz CT molecular complexity index is 923. The highest BCUT2D eigenvalue weighted by molar-refractivity contribution is 7.92. The Morgan fingerprint density at radius 1 is 1.19 bits per heavy atom. The number of hydrogen-bond acceptors (Lipinski definition) is 4. The molecule has 0 saturated carbocycles. The second kappa shape index (κ2) is 8.10. The van der Waals surface area contributed by atoms with Crippen LogP contribution in [0.1, 0.15) is 24.5 Å². The van der Waals surface area contributed by atoms with Gasteiger partial charge in [-0.1, -0.05) is 25.1 Å². The van der Waals surface area contributed by atoms with Crippen molar-refractivity contribution >= 4 is 27.3 Å². The van der Waals surface area contributed by atoms with E-state index in [4.69, 9.17) is 4.74 Å². The van der Waals surface area contributed by atoms with Crippen LogP contribution in [-0.2, 0) is 32.4 Å². The van der Waals surface area contributed by atoms with Gasteiger partial charge in [-0.15, -0.1) is 0 Å². The Kier molecular flexibility index (Phi) is 5.82. The molecule has 27 heavy (non-hydrogen) atoms. The van der Waals surface area contributed by atoms with Crippen LogP contribution >= 0.6 is 0 Å². The third kappa shape index (κ3) is 4.31. The molecule has 2 aromatic carbocycles. The lowest BCUT2D eigenvalue weighted by Gasteiger charge is -2.30. The molecule has 0 aliphatic carbocycles. The van der Waals surface area contributed by atoms with E-state index in [1.165, 1.54) is 7.11 Å². The van der Waals surface area contributed by atoms with Gasteiger partial charge in [0.25, 0.3) is 15.9 Å². The van der Waals surface area contributed by atoms with Crippen LogP contribution in [0.4, 0.5) is 11.4 Å². The van der Waals surface area contributed by atoms with Crippen LogP contribution in [0.3, 0.4) is 0 Å². The van der Waals surface area contributed by atoms with E-state index < -0.39 is 10.0 Å². The van der Waals surface area contributed by atoms with E-state index in [9.17, 15) is 13.2 Å². The summed E-state index contributed by atoms with van der Waals surface area (Å²) in [6.07, 6.45) is 2.58. The summed E-state index contributed by atoms with van der Waals surface area (Å²) in [6.45, 7) is 2.62. The van der Waals surface area contributed by atoms with Crippen LogP contribution in [0.5, 0.6) is 0 Å². The highest BCUT2D eigenvalue weighted by Gasteiger charge is 2.23. The lowest BCUT2D eigenvalue weighted by Crippen LogP contribution is -2.37. The minimum absolute atomic E-state index is 0.000821. The number of nitrogens with one attached hydrogen (secondary N) is 1. The van der Waals surface area contributed by atoms with Gasteiger partial charge in [-0.25, -0.2) is 8.42 Å². The molecule has 0 radical (unpaired) electrons. The molecule has 2 aromatic rings. The fraction of sp³-hybridized carbons (Fsp3) is 0.350. The van der Waals surface area contributed by atoms with Crippen LogP contribution in [0.2, 0.25) is 0 Å². The maximum absolute atomic E-state index is 12.7. The topological polar surface area (TPSA) is 75.7 Å². The predicted octanol–water partition coefficient (Wildman–Crippen LogP) is 2.98. The minimum Gasteiger partial charge on any atom is -0.375 e. The second-order valence-corrected chi connectivity index (χ2v) is 8.21. The van der Waals surface area contributed by atoms with Gasteiger partial charge < -0.3 is 9.64 Å². The van der Waals surface area contributed by atoms with E-state index in [0.717, 1.165) is 36.1 Å². The minimum atomic E-state index is -3.69. The van der Waals surface area contributed by atoms with E-state index in [0.29, 0.717) is 12.2 Å². The number of hydrogen-bond donors (Lipinski definition) is 1. The summed E-state index contributed by atoms with van der Waals surface area (Å²) in [5, 5.41) is 0. The molecule has 0 unspecified atom stereocenters. The first kappa shape index (κ1) is 19.4. The molecule has 0 bridgehead atoms. The predicted molar refractivity (Wildman–Crippen MR) is 106 cm³/mol. The monoisotopic (exact) mass is 388 g/mol. The average Bonchev–Trinajstić information content (AvgIpc) is 2.67. The highest BCUT2D eigenvalue weighted by Crippen LogP contribution is 2.31. The molecule has 144 valence electrons. The molecular formula is C20H24N2O4S. The number of methoxy groups -OCH3 is 1. The number of carbonyl (C=O) groups excluding carboxylic acids is 1. The van der Waals surface area contributed by atoms with Gasteiger partial charge in [0.2, 0.25) is 0 Å². The molecule has 1 amide bonds. The van der Waals surface area contributed by atoms with Gasteiger partial charge in [0.05, 0.1) is 10.6 Å². The highest BCUT2D eigenvalue weighted by atomic mass is 32.2. The zero-order chi connectivity index (χ0) is 19.4. The second-order valence-electron chi connectivity index (χ2n) is 6.53. The number of fused-ring (bicyclic) bond motifs is 1. The molecule has 1 N–H and O–H groups in total. The maximum atomic E-state index is 12.7.